The highest BCUT2D eigenvalue weighted by Gasteiger charge is 2.17. The number of aromatic nitrogens is 1. The summed E-state index contributed by atoms with van der Waals surface area (Å²) in [6.07, 6.45) is 0. The number of benzene rings is 1. The third-order valence-electron chi connectivity index (χ3n) is 2.62. The van der Waals surface area contributed by atoms with Crippen LogP contribution < -0.4 is 10.1 Å². The molecule has 106 valence electrons. The molecule has 1 heterocycles. The Balaban J connectivity index is 2.00. The number of ether oxygens (including phenoxy) is 1. The molecule has 1 atom stereocenters. The number of para-hydroxylation sites is 1. The van der Waals surface area contributed by atoms with Gasteiger partial charge < -0.3 is 14.6 Å². The summed E-state index contributed by atoms with van der Waals surface area (Å²) in [5.41, 5.74) is 0. The normalized spacial score (nSPS) is 11.9. The summed E-state index contributed by atoms with van der Waals surface area (Å²) in [5, 5.41) is 6.18. The van der Waals surface area contributed by atoms with Crippen molar-refractivity contribution in [2.24, 2.45) is 0 Å². The first-order chi connectivity index (χ1) is 9.60. The SMILES string of the molecule is COc1ccccc1S[C@H](C)C(=O)Nc1cc(C)on1. The van der Waals surface area contributed by atoms with Gasteiger partial charge >= 0.3 is 0 Å². The van der Waals surface area contributed by atoms with Gasteiger partial charge in [-0.15, -0.1) is 11.8 Å². The number of rotatable bonds is 5. The van der Waals surface area contributed by atoms with Gasteiger partial charge in [0, 0.05) is 6.07 Å². The van der Waals surface area contributed by atoms with Gasteiger partial charge in [-0.3, -0.25) is 4.79 Å². The number of amides is 1. The lowest BCUT2D eigenvalue weighted by atomic mass is 10.3. The van der Waals surface area contributed by atoms with Gasteiger partial charge in [-0.25, -0.2) is 0 Å². The fraction of sp³-hybridized carbons (Fsp3) is 0.286. The molecule has 2 rings (SSSR count). The first kappa shape index (κ1) is 14.5. The van der Waals surface area contributed by atoms with E-state index in [2.05, 4.69) is 10.5 Å². The minimum atomic E-state index is -0.275. The standard InChI is InChI=1S/C14H16N2O3S/c1-9-8-13(16-19-9)15-14(17)10(2)20-12-7-5-4-6-11(12)18-3/h4-8,10H,1-3H3,(H,15,16,17)/t10-/m1/s1. The topological polar surface area (TPSA) is 64.4 Å². The van der Waals surface area contributed by atoms with E-state index in [0.29, 0.717) is 11.6 Å². The van der Waals surface area contributed by atoms with Crippen LogP contribution in [0.4, 0.5) is 5.82 Å². The van der Waals surface area contributed by atoms with Crippen LogP contribution in [0.3, 0.4) is 0 Å². The minimum Gasteiger partial charge on any atom is -0.496 e. The van der Waals surface area contributed by atoms with Crippen LogP contribution in [0.5, 0.6) is 5.75 Å². The zero-order valence-corrected chi connectivity index (χ0v) is 12.4. The average molecular weight is 292 g/mol. The predicted molar refractivity (Wildman–Crippen MR) is 78.2 cm³/mol. The van der Waals surface area contributed by atoms with Crippen LogP contribution >= 0.6 is 11.8 Å². The van der Waals surface area contributed by atoms with Gasteiger partial charge in [-0.05, 0) is 26.0 Å². The van der Waals surface area contributed by atoms with Crippen molar-refractivity contribution in [3.63, 3.8) is 0 Å². The summed E-state index contributed by atoms with van der Waals surface area (Å²) < 4.78 is 10.2. The van der Waals surface area contributed by atoms with E-state index in [0.717, 1.165) is 10.6 Å². The van der Waals surface area contributed by atoms with E-state index in [1.54, 1.807) is 20.1 Å². The number of aryl methyl sites for hydroxylation is 1. The highest BCUT2D eigenvalue weighted by molar-refractivity contribution is 8.00. The Morgan fingerprint density at radius 3 is 2.85 bits per heavy atom. The molecule has 0 spiro atoms. The molecule has 0 aliphatic rings. The molecule has 0 radical (unpaired) electrons. The van der Waals surface area contributed by atoms with Crippen LogP contribution in [-0.2, 0) is 4.79 Å². The first-order valence-electron chi connectivity index (χ1n) is 6.14. The van der Waals surface area contributed by atoms with Crippen LogP contribution in [0.2, 0.25) is 0 Å². The lowest BCUT2D eigenvalue weighted by molar-refractivity contribution is -0.115. The Hall–Kier alpha value is -1.95. The van der Waals surface area contributed by atoms with Gasteiger partial charge in [0.2, 0.25) is 5.91 Å². The van der Waals surface area contributed by atoms with Crippen LogP contribution in [0, 0.1) is 6.92 Å². The third kappa shape index (κ3) is 3.54. The van der Waals surface area contributed by atoms with Crippen molar-refractivity contribution >= 4 is 23.5 Å². The number of carbonyl (C=O) groups excluding carboxylic acids is 1. The van der Waals surface area contributed by atoms with E-state index in [9.17, 15) is 4.79 Å². The van der Waals surface area contributed by atoms with Crippen molar-refractivity contribution in [1.29, 1.82) is 0 Å². The molecule has 2 aromatic rings. The summed E-state index contributed by atoms with van der Waals surface area (Å²) in [6.45, 7) is 3.61. The van der Waals surface area contributed by atoms with Gasteiger partial charge in [0.05, 0.1) is 17.3 Å². The van der Waals surface area contributed by atoms with Crippen molar-refractivity contribution < 1.29 is 14.1 Å². The van der Waals surface area contributed by atoms with Crippen molar-refractivity contribution in [3.8, 4) is 5.75 Å². The fourth-order valence-electron chi connectivity index (χ4n) is 1.61. The summed E-state index contributed by atoms with van der Waals surface area (Å²) in [6, 6.07) is 9.28. The molecule has 0 bridgehead atoms. The Bertz CT molecular complexity index is 598. The lowest BCUT2D eigenvalue weighted by Crippen LogP contribution is -2.22. The largest absolute Gasteiger partial charge is 0.496 e. The number of hydrogen-bond donors (Lipinski definition) is 1. The van der Waals surface area contributed by atoms with Gasteiger partial charge in [0.1, 0.15) is 11.5 Å². The molecule has 0 fully saturated rings. The number of carbonyl (C=O) groups is 1. The van der Waals surface area contributed by atoms with Gasteiger partial charge in [0.25, 0.3) is 0 Å². The van der Waals surface area contributed by atoms with Crippen molar-refractivity contribution in [1.82, 2.24) is 5.16 Å². The first-order valence-corrected chi connectivity index (χ1v) is 7.02. The second-order valence-corrected chi connectivity index (χ2v) is 5.61. The highest BCUT2D eigenvalue weighted by Crippen LogP contribution is 2.32. The number of nitrogens with one attached hydrogen (secondary N) is 1. The number of methoxy groups -OCH3 is 1. The Labute approximate surface area is 121 Å². The number of hydrogen-bond acceptors (Lipinski definition) is 5. The monoisotopic (exact) mass is 292 g/mol. The van der Waals surface area contributed by atoms with Crippen LogP contribution in [0.25, 0.3) is 0 Å². The van der Waals surface area contributed by atoms with Crippen molar-refractivity contribution in [2.75, 3.05) is 12.4 Å². The smallest absolute Gasteiger partial charge is 0.238 e. The summed E-state index contributed by atoms with van der Waals surface area (Å²) in [5.74, 6) is 1.72. The summed E-state index contributed by atoms with van der Waals surface area (Å²) in [7, 11) is 1.61. The average Bonchev–Trinajstić information content (AvgIpc) is 2.84. The highest BCUT2D eigenvalue weighted by atomic mass is 32.2. The maximum atomic E-state index is 12.1. The van der Waals surface area contributed by atoms with Crippen LogP contribution in [0.15, 0.2) is 39.8 Å². The number of anilines is 1. The van der Waals surface area contributed by atoms with Crippen molar-refractivity contribution in [3.05, 3.63) is 36.1 Å². The van der Waals surface area contributed by atoms with Crippen molar-refractivity contribution in [2.45, 2.75) is 24.0 Å². The van der Waals surface area contributed by atoms with E-state index >= 15 is 0 Å². The van der Waals surface area contributed by atoms with Crippen LogP contribution in [-0.4, -0.2) is 23.4 Å². The van der Waals surface area contributed by atoms with Crippen LogP contribution in [0.1, 0.15) is 12.7 Å². The van der Waals surface area contributed by atoms with Gasteiger partial charge in [-0.2, -0.15) is 0 Å². The minimum absolute atomic E-state index is 0.130. The zero-order valence-electron chi connectivity index (χ0n) is 11.5. The second kappa shape index (κ2) is 6.47. The Morgan fingerprint density at radius 1 is 1.45 bits per heavy atom. The molecule has 0 saturated carbocycles. The maximum absolute atomic E-state index is 12.1. The Morgan fingerprint density at radius 2 is 2.20 bits per heavy atom. The molecule has 1 aromatic carbocycles. The molecule has 1 amide bonds. The third-order valence-corrected chi connectivity index (χ3v) is 3.78. The number of thioether (sulfide) groups is 1. The fourth-order valence-corrected chi connectivity index (χ4v) is 2.58. The molecule has 20 heavy (non-hydrogen) atoms. The summed E-state index contributed by atoms with van der Waals surface area (Å²) in [4.78, 5) is 13.0. The molecule has 1 aromatic heterocycles. The Kier molecular flexibility index (Phi) is 4.68. The predicted octanol–water partition coefficient (Wildman–Crippen LogP) is 3.11. The molecule has 0 saturated heterocycles. The van der Waals surface area contributed by atoms with Gasteiger partial charge in [-0.1, -0.05) is 17.3 Å². The molecule has 5 nitrogen and oxygen atoms in total. The molecular formula is C14H16N2O3S. The lowest BCUT2D eigenvalue weighted by Gasteiger charge is -2.12. The molecular weight excluding hydrogens is 276 g/mol. The van der Waals surface area contributed by atoms with E-state index < -0.39 is 0 Å². The summed E-state index contributed by atoms with van der Waals surface area (Å²) >= 11 is 1.43. The van der Waals surface area contributed by atoms with E-state index in [1.807, 2.05) is 31.2 Å². The molecule has 0 aliphatic heterocycles. The molecule has 0 aliphatic carbocycles. The van der Waals surface area contributed by atoms with E-state index in [1.165, 1.54) is 11.8 Å². The quantitative estimate of drug-likeness (QED) is 0.858. The van der Waals surface area contributed by atoms with E-state index in [4.69, 9.17) is 9.26 Å². The number of nitrogens with zero attached hydrogens (tertiary/aromatic N) is 1. The zero-order chi connectivity index (χ0) is 14.5. The molecule has 6 heteroatoms. The van der Waals surface area contributed by atoms with E-state index in [-0.39, 0.29) is 11.2 Å². The maximum Gasteiger partial charge on any atom is 0.238 e. The molecule has 0 unspecified atom stereocenters. The van der Waals surface area contributed by atoms with Gasteiger partial charge in [0.15, 0.2) is 5.82 Å². The molecule has 1 N–H and O–H groups in total. The second-order valence-electron chi connectivity index (χ2n) is 4.22.